The van der Waals surface area contributed by atoms with Crippen molar-refractivity contribution in [3.05, 3.63) is 40.5 Å². The van der Waals surface area contributed by atoms with Gasteiger partial charge < -0.3 is 15.0 Å². The lowest BCUT2D eigenvalue weighted by molar-refractivity contribution is -0.384. The van der Waals surface area contributed by atoms with Crippen LogP contribution in [0.5, 0.6) is 5.75 Å². The van der Waals surface area contributed by atoms with E-state index in [-0.39, 0.29) is 10.6 Å². The second-order valence-corrected chi connectivity index (χ2v) is 7.90. The SMILES string of the molecule is COc1ccc([N+](=O)[O-])cc1NC1CCN(C[C@@H]2C[C@H]3C=C[C@@H]2C3)CC1. The quantitative estimate of drug-likeness (QED) is 0.478. The second-order valence-electron chi connectivity index (χ2n) is 7.90. The number of likely N-dealkylation sites (tertiary alicyclic amines) is 1. The Hall–Kier alpha value is -2.08. The summed E-state index contributed by atoms with van der Waals surface area (Å²) < 4.78 is 5.36. The minimum absolute atomic E-state index is 0.0927. The van der Waals surface area contributed by atoms with Crippen molar-refractivity contribution >= 4 is 11.4 Å². The Morgan fingerprint density at radius 3 is 2.69 bits per heavy atom. The van der Waals surface area contributed by atoms with Gasteiger partial charge in [-0.3, -0.25) is 10.1 Å². The summed E-state index contributed by atoms with van der Waals surface area (Å²) in [5.41, 5.74) is 0.813. The van der Waals surface area contributed by atoms with Crippen molar-refractivity contribution in [3.63, 3.8) is 0 Å². The predicted molar refractivity (Wildman–Crippen MR) is 102 cm³/mol. The number of nitro benzene ring substituents is 1. The highest BCUT2D eigenvalue weighted by Crippen LogP contribution is 2.43. The van der Waals surface area contributed by atoms with E-state index in [0.29, 0.717) is 11.8 Å². The van der Waals surface area contributed by atoms with Gasteiger partial charge in [0.1, 0.15) is 5.75 Å². The molecule has 6 heteroatoms. The molecule has 3 atom stereocenters. The molecule has 0 spiro atoms. The molecule has 1 aromatic rings. The van der Waals surface area contributed by atoms with E-state index in [4.69, 9.17) is 4.74 Å². The van der Waals surface area contributed by atoms with Crippen molar-refractivity contribution in [1.82, 2.24) is 4.90 Å². The van der Waals surface area contributed by atoms with Crippen LogP contribution in [0.3, 0.4) is 0 Å². The van der Waals surface area contributed by atoms with Crippen molar-refractivity contribution < 1.29 is 9.66 Å². The monoisotopic (exact) mass is 357 g/mol. The molecule has 2 aliphatic carbocycles. The fourth-order valence-corrected chi connectivity index (χ4v) is 4.84. The van der Waals surface area contributed by atoms with Crippen LogP contribution in [-0.2, 0) is 0 Å². The Bertz CT molecular complexity index is 698. The van der Waals surface area contributed by atoms with E-state index >= 15 is 0 Å². The summed E-state index contributed by atoms with van der Waals surface area (Å²) in [6, 6.07) is 5.06. The van der Waals surface area contributed by atoms with Crippen LogP contribution in [0.25, 0.3) is 0 Å². The van der Waals surface area contributed by atoms with Crippen molar-refractivity contribution in [3.8, 4) is 5.75 Å². The Kier molecular flexibility index (Phi) is 4.85. The highest BCUT2D eigenvalue weighted by Gasteiger charge is 2.36. The van der Waals surface area contributed by atoms with Gasteiger partial charge >= 0.3 is 0 Å². The number of hydrogen-bond donors (Lipinski definition) is 1. The molecule has 0 amide bonds. The molecule has 0 unspecified atom stereocenters. The molecular formula is C20H27N3O3. The molecule has 1 saturated heterocycles. The topological polar surface area (TPSA) is 67.6 Å². The Morgan fingerprint density at radius 2 is 2.08 bits per heavy atom. The summed E-state index contributed by atoms with van der Waals surface area (Å²) >= 11 is 0. The Morgan fingerprint density at radius 1 is 1.27 bits per heavy atom. The van der Waals surface area contributed by atoms with Crippen molar-refractivity contribution in [2.24, 2.45) is 17.8 Å². The lowest BCUT2D eigenvalue weighted by Gasteiger charge is -2.35. The molecule has 3 aliphatic rings. The predicted octanol–water partition coefficient (Wildman–Crippen LogP) is 3.69. The van der Waals surface area contributed by atoms with Crippen LogP contribution >= 0.6 is 0 Å². The van der Waals surface area contributed by atoms with E-state index in [0.717, 1.165) is 49.4 Å². The highest BCUT2D eigenvalue weighted by molar-refractivity contribution is 5.62. The number of fused-ring (bicyclic) bond motifs is 2. The number of rotatable bonds is 6. The van der Waals surface area contributed by atoms with Gasteiger partial charge in [0.2, 0.25) is 0 Å². The van der Waals surface area contributed by atoms with E-state index in [1.54, 1.807) is 19.2 Å². The molecule has 0 aromatic heterocycles. The van der Waals surface area contributed by atoms with E-state index in [1.807, 2.05) is 0 Å². The Labute approximate surface area is 154 Å². The van der Waals surface area contributed by atoms with Crippen LogP contribution in [0.1, 0.15) is 25.7 Å². The zero-order valence-electron chi connectivity index (χ0n) is 15.3. The summed E-state index contributed by atoms with van der Waals surface area (Å²) in [6.45, 7) is 3.40. The van der Waals surface area contributed by atoms with Crippen molar-refractivity contribution in [2.75, 3.05) is 32.1 Å². The molecule has 1 aromatic carbocycles. The number of piperidine rings is 1. The summed E-state index contributed by atoms with van der Waals surface area (Å²) in [5, 5.41) is 14.5. The van der Waals surface area contributed by atoms with Crippen molar-refractivity contribution in [1.29, 1.82) is 0 Å². The van der Waals surface area contributed by atoms with Gasteiger partial charge in [0.05, 0.1) is 17.7 Å². The number of nitrogens with one attached hydrogen (secondary N) is 1. The van der Waals surface area contributed by atoms with Gasteiger partial charge in [-0.25, -0.2) is 0 Å². The van der Waals surface area contributed by atoms with E-state index in [9.17, 15) is 10.1 Å². The molecule has 1 saturated carbocycles. The van der Waals surface area contributed by atoms with E-state index < -0.39 is 0 Å². The molecule has 1 N–H and O–H groups in total. The largest absolute Gasteiger partial charge is 0.495 e. The van der Waals surface area contributed by atoms with Gasteiger partial charge in [0.15, 0.2) is 0 Å². The van der Waals surface area contributed by atoms with Crippen LogP contribution in [0.15, 0.2) is 30.4 Å². The average Bonchev–Trinajstić information content (AvgIpc) is 3.26. The molecule has 26 heavy (non-hydrogen) atoms. The Balaban J connectivity index is 1.32. The second kappa shape index (κ2) is 7.27. The third-order valence-corrected chi connectivity index (χ3v) is 6.25. The third kappa shape index (κ3) is 3.56. The lowest BCUT2D eigenvalue weighted by atomic mass is 9.92. The molecule has 1 aliphatic heterocycles. The third-order valence-electron chi connectivity index (χ3n) is 6.25. The molecule has 140 valence electrons. The van der Waals surface area contributed by atoms with Gasteiger partial charge in [-0.15, -0.1) is 0 Å². The van der Waals surface area contributed by atoms with Gasteiger partial charge in [0, 0.05) is 37.8 Å². The summed E-state index contributed by atoms with van der Waals surface area (Å²) in [6.07, 6.45) is 9.69. The maximum Gasteiger partial charge on any atom is 0.271 e. The number of benzene rings is 1. The molecule has 2 bridgehead atoms. The van der Waals surface area contributed by atoms with Crippen LogP contribution < -0.4 is 10.1 Å². The molecular weight excluding hydrogens is 330 g/mol. The first-order chi connectivity index (χ1) is 12.6. The smallest absolute Gasteiger partial charge is 0.271 e. The van der Waals surface area contributed by atoms with Gasteiger partial charge in [-0.1, -0.05) is 12.2 Å². The number of nitro groups is 1. The van der Waals surface area contributed by atoms with Crippen LogP contribution in [0, 0.1) is 27.9 Å². The van der Waals surface area contributed by atoms with Gasteiger partial charge in [0.25, 0.3) is 5.69 Å². The zero-order valence-corrected chi connectivity index (χ0v) is 15.3. The first-order valence-corrected chi connectivity index (χ1v) is 9.62. The van der Waals surface area contributed by atoms with Crippen LogP contribution in [0.4, 0.5) is 11.4 Å². The number of methoxy groups -OCH3 is 1. The van der Waals surface area contributed by atoms with E-state index in [2.05, 4.69) is 22.4 Å². The molecule has 4 rings (SSSR count). The number of non-ortho nitro benzene ring substituents is 1. The van der Waals surface area contributed by atoms with Crippen LogP contribution in [0.2, 0.25) is 0 Å². The summed E-state index contributed by atoms with van der Waals surface area (Å²) in [7, 11) is 1.60. The molecule has 2 fully saturated rings. The maximum absolute atomic E-state index is 11.0. The lowest BCUT2D eigenvalue weighted by Crippen LogP contribution is -2.41. The maximum atomic E-state index is 11.0. The fourth-order valence-electron chi connectivity index (χ4n) is 4.84. The minimum atomic E-state index is -0.364. The number of nitrogens with zero attached hydrogens (tertiary/aromatic N) is 2. The number of anilines is 1. The van der Waals surface area contributed by atoms with Gasteiger partial charge in [-0.05, 0) is 49.5 Å². The fraction of sp³-hybridized carbons (Fsp3) is 0.600. The minimum Gasteiger partial charge on any atom is -0.495 e. The number of hydrogen-bond acceptors (Lipinski definition) is 5. The summed E-state index contributed by atoms with van der Waals surface area (Å²) in [4.78, 5) is 13.3. The molecule has 0 radical (unpaired) electrons. The highest BCUT2D eigenvalue weighted by atomic mass is 16.6. The van der Waals surface area contributed by atoms with Crippen LogP contribution in [-0.4, -0.2) is 42.6 Å². The average molecular weight is 357 g/mol. The number of ether oxygens (including phenoxy) is 1. The normalized spacial score (nSPS) is 28.4. The van der Waals surface area contributed by atoms with Crippen molar-refractivity contribution in [2.45, 2.75) is 31.7 Å². The number of allylic oxidation sites excluding steroid dienone is 2. The summed E-state index contributed by atoms with van der Waals surface area (Å²) in [5.74, 6) is 3.15. The molecule has 1 heterocycles. The first kappa shape index (κ1) is 17.3. The standard InChI is InChI=1S/C20H27N3O3/c1-26-20-5-4-18(23(24)25)12-19(20)21-17-6-8-22(9-7-17)13-16-11-14-2-3-15(16)10-14/h2-5,12,14-17,21H,6-11,13H2,1H3/t14-,15+,16-/m0/s1. The van der Waals surface area contributed by atoms with Gasteiger partial charge in [-0.2, -0.15) is 0 Å². The first-order valence-electron chi connectivity index (χ1n) is 9.62. The molecule has 6 nitrogen and oxygen atoms in total. The zero-order chi connectivity index (χ0) is 18.1. The van der Waals surface area contributed by atoms with E-state index in [1.165, 1.54) is 25.5 Å².